The fraction of sp³-hybridized carbons (Fsp3) is 1.00. The molecular formula is C13H30O5. The first kappa shape index (κ1) is 20.1. The maximum Gasteiger partial charge on any atom is 0.100 e. The van der Waals surface area contributed by atoms with Gasteiger partial charge >= 0.3 is 0 Å². The third-order valence-electron chi connectivity index (χ3n) is 2.49. The minimum absolute atomic E-state index is 0.338. The molecule has 0 aromatic heterocycles. The zero-order chi connectivity index (χ0) is 14.1. The summed E-state index contributed by atoms with van der Waals surface area (Å²) < 4.78 is 0. The average molecular weight is 266 g/mol. The maximum absolute atomic E-state index is 8.51. The molecule has 0 bridgehead atoms. The Kier molecular flexibility index (Phi) is 21.4. The summed E-state index contributed by atoms with van der Waals surface area (Å²) in [6, 6.07) is 0. The summed E-state index contributed by atoms with van der Waals surface area (Å²) >= 11 is 0. The van der Waals surface area contributed by atoms with Crippen LogP contribution in [0.15, 0.2) is 0 Å². The highest BCUT2D eigenvalue weighted by molar-refractivity contribution is 4.45. The van der Waals surface area contributed by atoms with E-state index >= 15 is 0 Å². The molecule has 0 aliphatic heterocycles. The first-order valence-electron chi connectivity index (χ1n) is 6.84. The highest BCUT2D eigenvalue weighted by Crippen LogP contribution is 2.07. The summed E-state index contributed by atoms with van der Waals surface area (Å²) in [5.41, 5.74) is 0. The molecule has 0 heterocycles. The van der Waals surface area contributed by atoms with E-state index in [0.29, 0.717) is 13.2 Å². The quantitative estimate of drug-likeness (QED) is 0.349. The van der Waals surface area contributed by atoms with Gasteiger partial charge in [0, 0.05) is 13.2 Å². The van der Waals surface area contributed by atoms with Crippen molar-refractivity contribution >= 4 is 0 Å². The lowest BCUT2D eigenvalue weighted by molar-refractivity contribution is 0.0450. The largest absolute Gasteiger partial charge is 0.396 e. The Morgan fingerprint density at radius 3 is 0.944 bits per heavy atom. The maximum atomic E-state index is 8.51. The minimum Gasteiger partial charge on any atom is -0.396 e. The SMILES string of the molecule is OCC(O)CO.OCCCCCCCCCCO. The van der Waals surface area contributed by atoms with Crippen molar-refractivity contribution in [1.29, 1.82) is 0 Å². The van der Waals surface area contributed by atoms with Crippen molar-refractivity contribution in [3.05, 3.63) is 0 Å². The molecule has 0 rings (SSSR count). The van der Waals surface area contributed by atoms with E-state index in [9.17, 15) is 0 Å². The smallest absolute Gasteiger partial charge is 0.100 e. The monoisotopic (exact) mass is 266 g/mol. The predicted octanol–water partition coefficient (Wildman–Crippen LogP) is 0.424. The van der Waals surface area contributed by atoms with Gasteiger partial charge in [0.1, 0.15) is 6.10 Å². The van der Waals surface area contributed by atoms with Crippen molar-refractivity contribution in [2.45, 2.75) is 57.5 Å². The minimum atomic E-state index is -0.954. The van der Waals surface area contributed by atoms with Crippen LogP contribution in [0, 0.1) is 0 Å². The van der Waals surface area contributed by atoms with Crippen molar-refractivity contribution in [2.24, 2.45) is 0 Å². The lowest BCUT2D eigenvalue weighted by atomic mass is 10.1. The summed E-state index contributed by atoms with van der Waals surface area (Å²) in [6.07, 6.45) is 8.35. The molecule has 0 aromatic carbocycles. The van der Waals surface area contributed by atoms with Crippen LogP contribution >= 0.6 is 0 Å². The molecular weight excluding hydrogens is 236 g/mol. The summed E-state index contributed by atoms with van der Waals surface area (Å²) in [4.78, 5) is 0. The normalized spacial score (nSPS) is 10.3. The lowest BCUT2D eigenvalue weighted by Gasteiger charge is -1.99. The molecule has 0 unspecified atom stereocenters. The average Bonchev–Trinajstić information content (AvgIpc) is 2.41. The first-order valence-corrected chi connectivity index (χ1v) is 6.84. The van der Waals surface area contributed by atoms with Gasteiger partial charge < -0.3 is 25.5 Å². The molecule has 0 spiro atoms. The molecule has 112 valence electrons. The first-order chi connectivity index (χ1) is 8.72. The molecule has 0 saturated heterocycles. The van der Waals surface area contributed by atoms with Gasteiger partial charge in [0.15, 0.2) is 0 Å². The van der Waals surface area contributed by atoms with E-state index in [2.05, 4.69) is 0 Å². The second kappa shape index (κ2) is 19.1. The standard InChI is InChI=1S/C10H22O2.C3H8O3/c11-9-7-5-3-1-2-4-6-8-10-12;4-1-3(6)2-5/h11-12H,1-10H2;3-6H,1-2H2. The number of aliphatic hydroxyl groups excluding tert-OH is 5. The molecule has 0 aromatic rings. The van der Waals surface area contributed by atoms with Crippen molar-refractivity contribution in [3.63, 3.8) is 0 Å². The van der Waals surface area contributed by atoms with Crippen LogP contribution in [0.3, 0.4) is 0 Å². The molecule has 0 atom stereocenters. The van der Waals surface area contributed by atoms with Gasteiger partial charge in [-0.05, 0) is 12.8 Å². The fourth-order valence-corrected chi connectivity index (χ4v) is 1.34. The Hall–Kier alpha value is -0.200. The molecule has 0 fully saturated rings. The second-order valence-electron chi connectivity index (χ2n) is 4.29. The van der Waals surface area contributed by atoms with E-state index in [4.69, 9.17) is 25.5 Å². The van der Waals surface area contributed by atoms with Crippen LogP contribution < -0.4 is 0 Å². The van der Waals surface area contributed by atoms with Crippen LogP contribution in [0.4, 0.5) is 0 Å². The van der Waals surface area contributed by atoms with Crippen molar-refractivity contribution < 1.29 is 25.5 Å². The van der Waals surface area contributed by atoms with Crippen molar-refractivity contribution in [1.82, 2.24) is 0 Å². The third kappa shape index (κ3) is 21.1. The zero-order valence-electron chi connectivity index (χ0n) is 11.3. The molecule has 5 N–H and O–H groups in total. The Morgan fingerprint density at radius 2 is 0.778 bits per heavy atom. The summed E-state index contributed by atoms with van der Waals surface area (Å²) in [5, 5.41) is 41.0. The summed E-state index contributed by atoms with van der Waals surface area (Å²) in [7, 11) is 0. The predicted molar refractivity (Wildman–Crippen MR) is 71.3 cm³/mol. The molecule has 0 amide bonds. The highest BCUT2D eigenvalue weighted by Gasteiger charge is 1.93. The second-order valence-corrected chi connectivity index (χ2v) is 4.29. The zero-order valence-corrected chi connectivity index (χ0v) is 11.3. The molecule has 0 radical (unpaired) electrons. The lowest BCUT2D eigenvalue weighted by Crippen LogP contribution is -2.15. The van der Waals surface area contributed by atoms with Crippen LogP contribution in [0.5, 0.6) is 0 Å². The van der Waals surface area contributed by atoms with Gasteiger partial charge in [0.25, 0.3) is 0 Å². The van der Waals surface area contributed by atoms with Crippen LogP contribution in [0.2, 0.25) is 0 Å². The van der Waals surface area contributed by atoms with E-state index in [1.807, 2.05) is 0 Å². The molecule has 5 nitrogen and oxygen atoms in total. The van der Waals surface area contributed by atoms with Gasteiger partial charge in [-0.1, -0.05) is 38.5 Å². The van der Waals surface area contributed by atoms with Gasteiger partial charge in [-0.3, -0.25) is 0 Å². The number of hydrogen-bond donors (Lipinski definition) is 5. The Labute approximate surface area is 110 Å². The van der Waals surface area contributed by atoms with E-state index in [0.717, 1.165) is 25.7 Å². The van der Waals surface area contributed by atoms with Crippen LogP contribution in [-0.2, 0) is 0 Å². The van der Waals surface area contributed by atoms with Crippen LogP contribution in [0.25, 0.3) is 0 Å². The fourth-order valence-electron chi connectivity index (χ4n) is 1.34. The Morgan fingerprint density at radius 1 is 0.500 bits per heavy atom. The van der Waals surface area contributed by atoms with E-state index in [1.54, 1.807) is 0 Å². The summed E-state index contributed by atoms with van der Waals surface area (Å²) in [5.74, 6) is 0. The Balaban J connectivity index is 0. The van der Waals surface area contributed by atoms with Gasteiger partial charge in [-0.2, -0.15) is 0 Å². The molecule has 0 saturated carbocycles. The van der Waals surface area contributed by atoms with Crippen LogP contribution in [-0.4, -0.2) is 58.1 Å². The van der Waals surface area contributed by atoms with Gasteiger partial charge in [0.05, 0.1) is 13.2 Å². The van der Waals surface area contributed by atoms with E-state index in [1.165, 1.54) is 25.7 Å². The van der Waals surface area contributed by atoms with E-state index in [-0.39, 0.29) is 13.2 Å². The van der Waals surface area contributed by atoms with Gasteiger partial charge in [-0.25, -0.2) is 0 Å². The van der Waals surface area contributed by atoms with Crippen molar-refractivity contribution in [2.75, 3.05) is 26.4 Å². The number of unbranched alkanes of at least 4 members (excludes halogenated alkanes) is 7. The highest BCUT2D eigenvalue weighted by atomic mass is 16.3. The van der Waals surface area contributed by atoms with Gasteiger partial charge in [0.2, 0.25) is 0 Å². The molecule has 0 aliphatic carbocycles. The molecule has 18 heavy (non-hydrogen) atoms. The molecule has 5 heteroatoms. The number of hydrogen-bond acceptors (Lipinski definition) is 5. The number of aliphatic hydroxyl groups is 5. The van der Waals surface area contributed by atoms with E-state index < -0.39 is 6.10 Å². The third-order valence-corrected chi connectivity index (χ3v) is 2.49. The van der Waals surface area contributed by atoms with Crippen LogP contribution in [0.1, 0.15) is 51.4 Å². The molecule has 0 aliphatic rings. The van der Waals surface area contributed by atoms with Gasteiger partial charge in [-0.15, -0.1) is 0 Å². The number of rotatable bonds is 11. The Bertz CT molecular complexity index is 119. The summed E-state index contributed by atoms with van der Waals surface area (Å²) in [6.45, 7) is -0.0535. The topological polar surface area (TPSA) is 101 Å². The van der Waals surface area contributed by atoms with Crippen molar-refractivity contribution in [3.8, 4) is 0 Å².